The molecule has 3 rings (SSSR count). The van der Waals surface area contributed by atoms with Crippen LogP contribution in [0.1, 0.15) is 55.7 Å². The molecular weight excluding hydrogens is 313 g/mol. The van der Waals surface area contributed by atoms with Gasteiger partial charge in [0, 0.05) is 0 Å². The average Bonchev–Trinajstić information content (AvgIpc) is 3.00. The average molecular weight is 332 g/mol. The summed E-state index contributed by atoms with van der Waals surface area (Å²) in [5.74, 6) is 0.734. The third kappa shape index (κ3) is 2.88. The van der Waals surface area contributed by atoms with Crippen molar-refractivity contribution < 1.29 is 18.3 Å². The van der Waals surface area contributed by atoms with Gasteiger partial charge in [0.05, 0.1) is 18.0 Å². The van der Waals surface area contributed by atoms with Gasteiger partial charge in [0.15, 0.2) is 0 Å². The summed E-state index contributed by atoms with van der Waals surface area (Å²) in [7, 11) is 0. The van der Waals surface area contributed by atoms with Gasteiger partial charge >= 0.3 is 6.18 Å². The molecule has 0 amide bonds. The molecule has 22 heavy (non-hydrogen) atoms. The van der Waals surface area contributed by atoms with E-state index in [2.05, 4.69) is 11.9 Å². The van der Waals surface area contributed by atoms with Gasteiger partial charge in [0.25, 0.3) is 0 Å². The van der Waals surface area contributed by atoms with E-state index >= 15 is 0 Å². The molecular formula is C15H19F3N2OS. The number of thiazole rings is 1. The maximum absolute atomic E-state index is 13.2. The lowest BCUT2D eigenvalue weighted by Gasteiger charge is -2.30. The Hall–Kier alpha value is -1.08. The molecule has 2 aromatic rings. The number of aliphatic hydroxyl groups is 1. The molecule has 7 heteroatoms. The van der Waals surface area contributed by atoms with E-state index < -0.39 is 17.2 Å². The highest BCUT2D eigenvalue weighted by Gasteiger charge is 2.40. The summed E-state index contributed by atoms with van der Waals surface area (Å²) in [5, 5.41) is 10.5. The molecule has 1 fully saturated rings. The van der Waals surface area contributed by atoms with Crippen LogP contribution in [0.4, 0.5) is 13.2 Å². The number of nitrogens with zero attached hydrogens (tertiary/aromatic N) is 2. The summed E-state index contributed by atoms with van der Waals surface area (Å²) in [4.78, 5) is 3.59. The molecule has 2 aromatic heterocycles. The number of hydrogen-bond donors (Lipinski definition) is 1. The van der Waals surface area contributed by atoms with Crippen LogP contribution in [0.25, 0.3) is 4.83 Å². The van der Waals surface area contributed by atoms with E-state index in [1.807, 2.05) is 0 Å². The topological polar surface area (TPSA) is 37.5 Å². The first-order valence-electron chi connectivity index (χ1n) is 7.58. The zero-order valence-electron chi connectivity index (χ0n) is 12.3. The minimum atomic E-state index is -4.45. The Morgan fingerprint density at radius 1 is 1.41 bits per heavy atom. The molecule has 3 unspecified atom stereocenters. The van der Waals surface area contributed by atoms with Crippen LogP contribution in [-0.2, 0) is 6.18 Å². The predicted octanol–water partition coefficient (Wildman–Crippen LogP) is 4.66. The van der Waals surface area contributed by atoms with Crippen molar-refractivity contribution in [3.05, 3.63) is 23.1 Å². The predicted molar refractivity (Wildman–Crippen MR) is 78.8 cm³/mol. The quantitative estimate of drug-likeness (QED) is 0.887. The third-order valence-electron chi connectivity index (χ3n) is 4.69. The monoisotopic (exact) mass is 332 g/mol. The van der Waals surface area contributed by atoms with Crippen molar-refractivity contribution in [1.29, 1.82) is 0 Å². The molecule has 1 saturated carbocycles. The lowest BCUT2D eigenvalue weighted by molar-refractivity contribution is -0.136. The summed E-state index contributed by atoms with van der Waals surface area (Å²) < 4.78 is 41.1. The van der Waals surface area contributed by atoms with E-state index in [4.69, 9.17) is 0 Å². The first-order chi connectivity index (χ1) is 10.4. The van der Waals surface area contributed by atoms with Crippen molar-refractivity contribution >= 4 is 16.2 Å². The van der Waals surface area contributed by atoms with Crippen molar-refractivity contribution in [2.24, 2.45) is 11.8 Å². The van der Waals surface area contributed by atoms with Gasteiger partial charge in [-0.15, -0.1) is 11.3 Å². The molecule has 0 aromatic carbocycles. The van der Waals surface area contributed by atoms with Gasteiger partial charge in [-0.05, 0) is 18.3 Å². The van der Waals surface area contributed by atoms with Gasteiger partial charge < -0.3 is 5.11 Å². The van der Waals surface area contributed by atoms with Crippen LogP contribution in [0.3, 0.4) is 0 Å². The van der Waals surface area contributed by atoms with E-state index in [0.29, 0.717) is 28.5 Å². The fourth-order valence-corrected chi connectivity index (χ4v) is 4.48. The molecule has 3 nitrogen and oxygen atoms in total. The van der Waals surface area contributed by atoms with E-state index in [0.717, 1.165) is 19.3 Å². The molecule has 0 aliphatic heterocycles. The smallest absolute Gasteiger partial charge is 0.387 e. The third-order valence-corrected chi connectivity index (χ3v) is 5.85. The largest absolute Gasteiger partial charge is 0.427 e. The lowest BCUT2D eigenvalue weighted by atomic mass is 9.77. The summed E-state index contributed by atoms with van der Waals surface area (Å²) in [6, 6.07) is 0. The first-order valence-corrected chi connectivity index (χ1v) is 8.39. The molecule has 3 atom stereocenters. The Labute approximate surface area is 130 Å². The van der Waals surface area contributed by atoms with Crippen LogP contribution in [0.5, 0.6) is 0 Å². The van der Waals surface area contributed by atoms with Crippen LogP contribution in [0.2, 0.25) is 0 Å². The minimum absolute atomic E-state index is 0.0530. The van der Waals surface area contributed by atoms with Gasteiger partial charge in [-0.25, -0.2) is 4.98 Å². The van der Waals surface area contributed by atoms with Gasteiger partial charge in [0.2, 0.25) is 0 Å². The number of imidazole rings is 1. The summed E-state index contributed by atoms with van der Waals surface area (Å²) in [6.45, 7) is 2.13. The van der Waals surface area contributed by atoms with Crippen LogP contribution >= 0.6 is 11.3 Å². The van der Waals surface area contributed by atoms with E-state index in [1.54, 1.807) is 0 Å². The van der Waals surface area contributed by atoms with Crippen molar-refractivity contribution in [3.8, 4) is 0 Å². The van der Waals surface area contributed by atoms with Crippen molar-refractivity contribution in [2.75, 3.05) is 0 Å². The van der Waals surface area contributed by atoms with Crippen molar-refractivity contribution in [1.82, 2.24) is 9.38 Å². The second-order valence-corrected chi connectivity index (χ2v) is 7.22. The van der Waals surface area contributed by atoms with Crippen LogP contribution in [0.15, 0.2) is 12.5 Å². The van der Waals surface area contributed by atoms with Crippen LogP contribution in [-0.4, -0.2) is 14.5 Å². The highest BCUT2D eigenvalue weighted by atomic mass is 32.1. The van der Waals surface area contributed by atoms with E-state index in [-0.39, 0.29) is 11.6 Å². The highest BCUT2D eigenvalue weighted by molar-refractivity contribution is 7.17. The van der Waals surface area contributed by atoms with Crippen LogP contribution < -0.4 is 0 Å². The second-order valence-electron chi connectivity index (χ2n) is 6.19. The number of fused-ring (bicyclic) bond motifs is 1. The summed E-state index contributed by atoms with van der Waals surface area (Å²) in [5.41, 5.74) is -0.0530. The Morgan fingerprint density at radius 3 is 2.82 bits per heavy atom. The number of aromatic nitrogens is 2. The highest BCUT2D eigenvalue weighted by Crippen LogP contribution is 2.43. The normalized spacial score (nSPS) is 24.8. The molecule has 1 aliphatic carbocycles. The maximum atomic E-state index is 13.2. The molecule has 0 spiro atoms. The van der Waals surface area contributed by atoms with Gasteiger partial charge in [-0.1, -0.05) is 32.6 Å². The van der Waals surface area contributed by atoms with Gasteiger partial charge in [-0.3, -0.25) is 4.40 Å². The Kier molecular flexibility index (Phi) is 4.20. The molecule has 1 aliphatic rings. The maximum Gasteiger partial charge on any atom is 0.427 e. The number of rotatable bonds is 3. The summed E-state index contributed by atoms with van der Waals surface area (Å²) in [6.07, 6.45) is 1.93. The number of halogens is 3. The fourth-order valence-electron chi connectivity index (χ4n) is 3.46. The SMILES string of the molecule is CC1CCCCC1CC(O)c1c(C(F)(F)F)sc2cncn12. The zero-order valence-corrected chi connectivity index (χ0v) is 13.1. The molecule has 1 N–H and O–H groups in total. The van der Waals surface area contributed by atoms with Crippen LogP contribution in [0, 0.1) is 11.8 Å². The molecule has 0 bridgehead atoms. The van der Waals surface area contributed by atoms with E-state index in [1.165, 1.54) is 23.3 Å². The molecule has 0 radical (unpaired) electrons. The molecule has 122 valence electrons. The number of hydrogen-bond acceptors (Lipinski definition) is 3. The summed E-state index contributed by atoms with van der Waals surface area (Å²) >= 11 is 0.644. The zero-order chi connectivity index (χ0) is 15.9. The molecule has 2 heterocycles. The van der Waals surface area contributed by atoms with Gasteiger partial charge in [-0.2, -0.15) is 13.2 Å². The van der Waals surface area contributed by atoms with Gasteiger partial charge in [0.1, 0.15) is 16.0 Å². The standard InChI is InChI=1S/C15H19F3N2OS/c1-9-4-2-3-5-10(9)6-11(21)13-14(15(16,17)18)22-12-7-19-8-20(12)13/h7-11,21H,2-6H2,1H3. The van der Waals surface area contributed by atoms with Crippen molar-refractivity contribution in [2.45, 2.75) is 51.3 Å². The van der Waals surface area contributed by atoms with E-state index in [9.17, 15) is 18.3 Å². The number of aliphatic hydroxyl groups excluding tert-OH is 1. The van der Waals surface area contributed by atoms with Crippen molar-refractivity contribution in [3.63, 3.8) is 0 Å². The second kappa shape index (κ2) is 5.85. The Bertz CT molecular complexity index is 649. The molecule has 0 saturated heterocycles. The first kappa shape index (κ1) is 15.8. The number of alkyl halides is 3. The lowest BCUT2D eigenvalue weighted by Crippen LogP contribution is -2.21. The fraction of sp³-hybridized carbons (Fsp3) is 0.667. The minimum Gasteiger partial charge on any atom is -0.387 e. The Morgan fingerprint density at radius 2 is 2.14 bits per heavy atom. The Balaban J connectivity index is 1.92.